The SMILES string of the molecule is Cc1cc(CCCCCO)cc(C)c1O[Si](C)(C)C(C)(C)C. The summed E-state index contributed by atoms with van der Waals surface area (Å²) < 4.78 is 6.53. The van der Waals surface area contributed by atoms with E-state index in [0.717, 1.165) is 31.4 Å². The van der Waals surface area contributed by atoms with Crippen molar-refractivity contribution in [3.63, 3.8) is 0 Å². The van der Waals surface area contributed by atoms with Gasteiger partial charge in [-0.3, -0.25) is 0 Å². The van der Waals surface area contributed by atoms with Gasteiger partial charge in [-0.2, -0.15) is 0 Å². The second kappa shape index (κ2) is 7.65. The highest BCUT2D eigenvalue weighted by atomic mass is 28.4. The molecule has 126 valence electrons. The lowest BCUT2D eigenvalue weighted by Crippen LogP contribution is -2.44. The molecule has 0 unspecified atom stereocenters. The Morgan fingerprint density at radius 3 is 2.00 bits per heavy atom. The van der Waals surface area contributed by atoms with E-state index in [0.29, 0.717) is 6.61 Å². The Hall–Kier alpha value is -0.803. The number of hydrogen-bond acceptors (Lipinski definition) is 2. The molecule has 0 amide bonds. The van der Waals surface area contributed by atoms with Crippen molar-refractivity contribution in [3.8, 4) is 5.75 Å². The molecule has 1 aromatic carbocycles. The van der Waals surface area contributed by atoms with Gasteiger partial charge in [-0.15, -0.1) is 0 Å². The van der Waals surface area contributed by atoms with Gasteiger partial charge in [-0.1, -0.05) is 39.3 Å². The van der Waals surface area contributed by atoms with Crippen molar-refractivity contribution in [1.82, 2.24) is 0 Å². The summed E-state index contributed by atoms with van der Waals surface area (Å²) in [5.74, 6) is 1.09. The lowest BCUT2D eigenvalue weighted by atomic mass is 10.0. The van der Waals surface area contributed by atoms with Crippen molar-refractivity contribution in [2.24, 2.45) is 0 Å². The van der Waals surface area contributed by atoms with Crippen LogP contribution in [0.15, 0.2) is 12.1 Å². The average Bonchev–Trinajstić information content (AvgIpc) is 2.38. The third kappa shape index (κ3) is 5.13. The van der Waals surface area contributed by atoms with Gasteiger partial charge in [0.05, 0.1) is 0 Å². The summed E-state index contributed by atoms with van der Waals surface area (Å²) in [5, 5.41) is 9.07. The number of hydrogen-bond donors (Lipinski definition) is 1. The minimum Gasteiger partial charge on any atom is -0.543 e. The first kappa shape index (κ1) is 19.2. The largest absolute Gasteiger partial charge is 0.543 e. The molecule has 0 aliphatic heterocycles. The molecule has 0 aliphatic rings. The normalized spacial score (nSPS) is 12.5. The van der Waals surface area contributed by atoms with Crippen molar-refractivity contribution in [2.45, 2.75) is 78.4 Å². The van der Waals surface area contributed by atoms with Crippen LogP contribution in [0, 0.1) is 13.8 Å². The van der Waals surface area contributed by atoms with Crippen molar-refractivity contribution in [3.05, 3.63) is 28.8 Å². The molecule has 2 nitrogen and oxygen atoms in total. The van der Waals surface area contributed by atoms with E-state index in [2.05, 4.69) is 59.8 Å². The molecule has 0 radical (unpaired) electrons. The van der Waals surface area contributed by atoms with Crippen molar-refractivity contribution < 1.29 is 9.53 Å². The minimum atomic E-state index is -1.79. The van der Waals surface area contributed by atoms with Crippen LogP contribution in [0.1, 0.15) is 56.7 Å². The quantitative estimate of drug-likeness (QED) is 0.538. The van der Waals surface area contributed by atoms with Crippen LogP contribution in [0.25, 0.3) is 0 Å². The van der Waals surface area contributed by atoms with Gasteiger partial charge in [0.15, 0.2) is 0 Å². The second-order valence-electron chi connectivity index (χ2n) is 7.96. The average molecular weight is 323 g/mol. The highest BCUT2D eigenvalue weighted by molar-refractivity contribution is 6.74. The zero-order valence-corrected chi connectivity index (χ0v) is 16.5. The van der Waals surface area contributed by atoms with Gasteiger partial charge in [0.2, 0.25) is 0 Å². The lowest BCUT2D eigenvalue weighted by molar-refractivity contribution is 0.283. The molecular formula is C19H34O2Si. The molecule has 0 spiro atoms. The van der Waals surface area contributed by atoms with E-state index in [-0.39, 0.29) is 5.04 Å². The molecule has 0 heterocycles. The highest BCUT2D eigenvalue weighted by Gasteiger charge is 2.39. The van der Waals surface area contributed by atoms with Gasteiger partial charge >= 0.3 is 0 Å². The predicted octanol–water partition coefficient (Wildman–Crippen LogP) is 5.39. The number of rotatable bonds is 7. The smallest absolute Gasteiger partial charge is 0.250 e. The van der Waals surface area contributed by atoms with Crippen LogP contribution in [0.5, 0.6) is 5.75 Å². The maximum Gasteiger partial charge on any atom is 0.250 e. The summed E-state index contributed by atoms with van der Waals surface area (Å²) in [4.78, 5) is 0. The van der Waals surface area contributed by atoms with E-state index in [4.69, 9.17) is 9.53 Å². The number of aliphatic hydroxyl groups excluding tert-OH is 1. The second-order valence-corrected chi connectivity index (χ2v) is 12.7. The van der Waals surface area contributed by atoms with E-state index in [1.54, 1.807) is 0 Å². The van der Waals surface area contributed by atoms with Crippen LogP contribution in [0.2, 0.25) is 18.1 Å². The van der Waals surface area contributed by atoms with Gasteiger partial charge in [-0.25, -0.2) is 0 Å². The lowest BCUT2D eigenvalue weighted by Gasteiger charge is -2.37. The molecule has 0 aliphatic carbocycles. The topological polar surface area (TPSA) is 29.5 Å². The number of aliphatic hydroxyl groups is 1. The van der Waals surface area contributed by atoms with Crippen LogP contribution < -0.4 is 4.43 Å². The minimum absolute atomic E-state index is 0.217. The van der Waals surface area contributed by atoms with E-state index in [1.165, 1.54) is 16.7 Å². The molecule has 1 N–H and O–H groups in total. The summed E-state index contributed by atoms with van der Waals surface area (Å²) in [5.41, 5.74) is 3.89. The number of unbranched alkanes of at least 4 members (excludes halogenated alkanes) is 2. The fraction of sp³-hybridized carbons (Fsp3) is 0.684. The number of benzene rings is 1. The molecule has 1 rings (SSSR count). The van der Waals surface area contributed by atoms with Crippen LogP contribution in [-0.4, -0.2) is 20.0 Å². The Kier molecular flexibility index (Phi) is 6.69. The maximum absolute atomic E-state index is 8.85. The Morgan fingerprint density at radius 2 is 1.55 bits per heavy atom. The van der Waals surface area contributed by atoms with Crippen LogP contribution in [0.4, 0.5) is 0 Å². The molecule has 0 saturated carbocycles. The van der Waals surface area contributed by atoms with E-state index in [9.17, 15) is 0 Å². The fourth-order valence-corrected chi connectivity index (χ4v) is 3.51. The summed E-state index contributed by atoms with van der Waals surface area (Å²) >= 11 is 0. The van der Waals surface area contributed by atoms with Crippen LogP contribution in [-0.2, 0) is 6.42 Å². The van der Waals surface area contributed by atoms with Gasteiger partial charge < -0.3 is 9.53 Å². The molecule has 0 bridgehead atoms. The van der Waals surface area contributed by atoms with E-state index >= 15 is 0 Å². The third-order valence-electron chi connectivity index (χ3n) is 4.81. The first-order chi connectivity index (χ1) is 10.1. The standard InChI is InChI=1S/C19H34O2Si/c1-15-13-17(11-9-8-10-12-20)14-16(2)18(15)21-22(6,7)19(3,4)5/h13-14,20H,8-12H2,1-7H3. The molecule has 1 aromatic rings. The molecule has 0 fully saturated rings. The Balaban J connectivity index is 2.87. The first-order valence-electron chi connectivity index (χ1n) is 8.48. The zero-order valence-electron chi connectivity index (χ0n) is 15.5. The Morgan fingerprint density at radius 1 is 1.00 bits per heavy atom. The zero-order chi connectivity index (χ0) is 17.0. The van der Waals surface area contributed by atoms with Gasteiger partial charge in [0, 0.05) is 6.61 Å². The summed E-state index contributed by atoms with van der Waals surface area (Å²) in [6.45, 7) is 16.1. The molecule has 22 heavy (non-hydrogen) atoms. The van der Waals surface area contributed by atoms with Gasteiger partial charge in [-0.05, 0) is 67.9 Å². The third-order valence-corrected chi connectivity index (χ3v) is 9.13. The first-order valence-corrected chi connectivity index (χ1v) is 11.4. The van der Waals surface area contributed by atoms with Crippen LogP contribution >= 0.6 is 0 Å². The predicted molar refractivity (Wildman–Crippen MR) is 98.4 cm³/mol. The van der Waals surface area contributed by atoms with Crippen molar-refractivity contribution in [1.29, 1.82) is 0 Å². The van der Waals surface area contributed by atoms with Crippen molar-refractivity contribution >= 4 is 8.32 Å². The molecular weight excluding hydrogens is 288 g/mol. The van der Waals surface area contributed by atoms with E-state index < -0.39 is 8.32 Å². The van der Waals surface area contributed by atoms with Crippen LogP contribution in [0.3, 0.4) is 0 Å². The maximum atomic E-state index is 8.85. The molecule has 0 atom stereocenters. The van der Waals surface area contributed by atoms with Gasteiger partial charge in [0.25, 0.3) is 8.32 Å². The molecule has 3 heteroatoms. The fourth-order valence-electron chi connectivity index (χ4n) is 2.37. The molecule has 0 saturated heterocycles. The highest BCUT2D eigenvalue weighted by Crippen LogP contribution is 2.39. The van der Waals surface area contributed by atoms with Crippen molar-refractivity contribution in [2.75, 3.05) is 6.61 Å². The number of aryl methyl sites for hydroxylation is 3. The summed E-state index contributed by atoms with van der Waals surface area (Å²) in [6.07, 6.45) is 4.23. The molecule has 0 aromatic heterocycles. The Labute approximate surface area is 138 Å². The van der Waals surface area contributed by atoms with E-state index in [1.807, 2.05) is 0 Å². The summed E-state index contributed by atoms with van der Waals surface area (Å²) in [7, 11) is -1.79. The monoisotopic (exact) mass is 322 g/mol. The summed E-state index contributed by atoms with van der Waals surface area (Å²) in [6, 6.07) is 4.54. The Bertz CT molecular complexity index is 464. The van der Waals surface area contributed by atoms with Gasteiger partial charge in [0.1, 0.15) is 5.75 Å².